The predicted octanol–water partition coefficient (Wildman–Crippen LogP) is 5.02. The van der Waals surface area contributed by atoms with Crippen molar-refractivity contribution in [1.82, 2.24) is 39.7 Å². The van der Waals surface area contributed by atoms with Crippen molar-refractivity contribution in [2.45, 2.75) is 46.2 Å². The summed E-state index contributed by atoms with van der Waals surface area (Å²) in [6, 6.07) is 19.6. The van der Waals surface area contributed by atoms with Crippen molar-refractivity contribution < 1.29 is 53.6 Å². The fourth-order valence-corrected chi connectivity index (χ4v) is 5.88. The van der Waals surface area contributed by atoms with Crippen molar-refractivity contribution in [3.8, 4) is 0 Å². The van der Waals surface area contributed by atoms with Crippen molar-refractivity contribution in [2.24, 2.45) is 0 Å². The monoisotopic (exact) mass is 870 g/mol. The van der Waals surface area contributed by atoms with Gasteiger partial charge in [-0.25, -0.2) is 24.0 Å². The van der Waals surface area contributed by atoms with E-state index in [1.54, 1.807) is 54.7 Å². The van der Waals surface area contributed by atoms with Gasteiger partial charge in [-0.15, -0.1) is 0 Å². The lowest BCUT2D eigenvalue weighted by Gasteiger charge is -2.21. The van der Waals surface area contributed by atoms with Crippen LogP contribution in [-0.2, 0) is 48.7 Å². The van der Waals surface area contributed by atoms with Crippen LogP contribution in [0.2, 0.25) is 0 Å². The van der Waals surface area contributed by atoms with Crippen LogP contribution >= 0.6 is 0 Å². The molecular formula is C45H42N8O11. The van der Waals surface area contributed by atoms with Crippen molar-refractivity contribution in [3.63, 3.8) is 0 Å². The molecule has 0 spiro atoms. The summed E-state index contributed by atoms with van der Waals surface area (Å²) in [5, 5.41) is 27.1. The van der Waals surface area contributed by atoms with E-state index >= 15 is 0 Å². The molecule has 0 atom stereocenters. The zero-order chi connectivity index (χ0) is 46.2. The summed E-state index contributed by atoms with van der Waals surface area (Å²) in [6.45, 7) is 3.89. The SMILES string of the molecule is COC(=O)c1ccc(CN(Cc2ccc(C(C)=O)cn2)Cc2ccc(C(=O)OC)cn2)nc1.O=C(O)c1ccc(CN(Cc2ccc(C(=O)O)cn2)Cc2ccc(C(=O)O)cn2)nc1. The highest BCUT2D eigenvalue weighted by Gasteiger charge is 2.16. The third-order valence-electron chi connectivity index (χ3n) is 9.25. The number of carboxylic acids is 3. The Labute approximate surface area is 366 Å². The molecule has 6 heterocycles. The Morgan fingerprint density at radius 2 is 0.609 bits per heavy atom. The van der Waals surface area contributed by atoms with Crippen LogP contribution in [0.15, 0.2) is 110 Å². The van der Waals surface area contributed by atoms with Gasteiger partial charge in [-0.2, -0.15) is 0 Å². The first-order chi connectivity index (χ1) is 30.7. The summed E-state index contributed by atoms with van der Waals surface area (Å²) in [6.07, 6.45) is 8.33. The molecule has 19 heteroatoms. The van der Waals surface area contributed by atoms with Crippen molar-refractivity contribution >= 4 is 35.6 Å². The molecule has 328 valence electrons. The van der Waals surface area contributed by atoms with Crippen LogP contribution in [0.3, 0.4) is 0 Å². The largest absolute Gasteiger partial charge is 0.478 e. The van der Waals surface area contributed by atoms with Gasteiger partial charge in [0.05, 0.1) is 76.2 Å². The van der Waals surface area contributed by atoms with Crippen LogP contribution < -0.4 is 0 Å². The Balaban J connectivity index is 0.000000241. The Kier molecular flexibility index (Phi) is 16.6. The van der Waals surface area contributed by atoms with Crippen molar-refractivity contribution in [3.05, 3.63) is 178 Å². The highest BCUT2D eigenvalue weighted by Crippen LogP contribution is 2.16. The highest BCUT2D eigenvalue weighted by molar-refractivity contribution is 5.93. The maximum Gasteiger partial charge on any atom is 0.339 e. The zero-order valence-corrected chi connectivity index (χ0v) is 34.8. The van der Waals surface area contributed by atoms with Crippen LogP contribution in [0, 0.1) is 0 Å². The van der Waals surface area contributed by atoms with Gasteiger partial charge in [0, 0.05) is 82.0 Å². The highest BCUT2D eigenvalue weighted by atomic mass is 16.5. The summed E-state index contributed by atoms with van der Waals surface area (Å²) in [5.41, 5.74) is 5.64. The number of Topliss-reactive ketones (excluding diaryl/α,β-unsaturated/α-hetero) is 1. The molecule has 0 bridgehead atoms. The molecule has 0 aliphatic heterocycles. The molecule has 64 heavy (non-hydrogen) atoms. The molecule has 0 saturated carbocycles. The van der Waals surface area contributed by atoms with E-state index in [1.165, 1.54) is 70.3 Å². The summed E-state index contributed by atoms with van der Waals surface area (Å²) in [4.78, 5) is 97.5. The molecular weight excluding hydrogens is 829 g/mol. The van der Waals surface area contributed by atoms with E-state index in [0.717, 1.165) is 17.1 Å². The number of hydrogen-bond donors (Lipinski definition) is 3. The second-order valence-corrected chi connectivity index (χ2v) is 14.0. The predicted molar refractivity (Wildman–Crippen MR) is 225 cm³/mol. The Bertz CT molecular complexity index is 2350. The molecule has 0 fully saturated rings. The molecule has 6 aromatic heterocycles. The first-order valence-electron chi connectivity index (χ1n) is 19.2. The number of aromatic nitrogens is 6. The van der Waals surface area contributed by atoms with Crippen molar-refractivity contribution in [1.29, 1.82) is 0 Å². The summed E-state index contributed by atoms with van der Waals surface area (Å²) < 4.78 is 9.43. The lowest BCUT2D eigenvalue weighted by atomic mass is 10.2. The average Bonchev–Trinajstić information content (AvgIpc) is 3.30. The number of esters is 2. The Morgan fingerprint density at radius 3 is 0.781 bits per heavy atom. The van der Waals surface area contributed by atoms with Gasteiger partial charge in [-0.3, -0.25) is 44.5 Å². The van der Waals surface area contributed by atoms with E-state index in [0.29, 0.717) is 73.0 Å². The van der Waals surface area contributed by atoms with E-state index in [2.05, 4.69) is 34.8 Å². The summed E-state index contributed by atoms with van der Waals surface area (Å²) in [7, 11) is 2.64. The molecule has 0 unspecified atom stereocenters. The number of ketones is 1. The van der Waals surface area contributed by atoms with Gasteiger partial charge < -0.3 is 24.8 Å². The standard InChI is InChI=1S/C24H24N4O5.C21H18N4O6/c1-16(29)17-4-7-20(25-10-17)13-28(14-21-8-5-18(11-26-21)23(30)32-2)15-22-9-6-19(12-27-22)24(31)33-3;26-19(27)13-1-4-16(22-7-13)10-25(11-17-5-2-14(8-23-17)20(28)29)12-18-6-3-15(9-24-18)21(30)31/h4-12H,13-15H2,1-3H3;1-9H,10-12H2,(H,26,27)(H,28,29)(H,30,31). The van der Waals surface area contributed by atoms with E-state index in [9.17, 15) is 28.8 Å². The number of nitrogens with zero attached hydrogens (tertiary/aromatic N) is 8. The maximum atomic E-state index is 11.7. The summed E-state index contributed by atoms with van der Waals surface area (Å²) in [5.74, 6) is -4.15. The van der Waals surface area contributed by atoms with Crippen molar-refractivity contribution in [2.75, 3.05) is 14.2 Å². The van der Waals surface area contributed by atoms with Gasteiger partial charge in [0.2, 0.25) is 0 Å². The zero-order valence-electron chi connectivity index (χ0n) is 34.8. The Hall–Kier alpha value is -8.16. The van der Waals surface area contributed by atoms with Crippen LogP contribution in [0.5, 0.6) is 0 Å². The molecule has 3 N–H and O–H groups in total. The second-order valence-electron chi connectivity index (χ2n) is 14.0. The summed E-state index contributed by atoms with van der Waals surface area (Å²) >= 11 is 0. The van der Waals surface area contributed by atoms with Crippen LogP contribution in [0.1, 0.15) is 103 Å². The molecule has 19 nitrogen and oxygen atoms in total. The van der Waals surface area contributed by atoms with E-state index in [-0.39, 0.29) is 22.5 Å². The molecule has 6 aromatic rings. The lowest BCUT2D eigenvalue weighted by molar-refractivity contribution is 0.0591. The number of ether oxygens (including phenoxy) is 2. The van der Waals surface area contributed by atoms with E-state index in [1.807, 2.05) is 11.0 Å². The molecule has 0 saturated heterocycles. The van der Waals surface area contributed by atoms with Crippen LogP contribution in [0.4, 0.5) is 0 Å². The molecule has 0 radical (unpaired) electrons. The Morgan fingerprint density at radius 1 is 0.391 bits per heavy atom. The van der Waals surface area contributed by atoms with E-state index in [4.69, 9.17) is 24.8 Å². The molecule has 0 amide bonds. The van der Waals surface area contributed by atoms with E-state index < -0.39 is 29.8 Å². The van der Waals surface area contributed by atoms with Gasteiger partial charge in [0.1, 0.15) is 0 Å². The minimum absolute atomic E-state index is 0.0457. The quantitative estimate of drug-likeness (QED) is 0.0756. The lowest BCUT2D eigenvalue weighted by Crippen LogP contribution is -2.24. The average molecular weight is 871 g/mol. The number of rotatable bonds is 18. The minimum atomic E-state index is -1.07. The molecule has 0 aliphatic rings. The topological polar surface area (TPSA) is 265 Å². The third kappa shape index (κ3) is 13.9. The number of methoxy groups -OCH3 is 2. The second kappa shape index (κ2) is 22.6. The number of hydrogen-bond acceptors (Lipinski definition) is 16. The normalized spacial score (nSPS) is 10.7. The molecule has 0 aromatic carbocycles. The number of carboxylic acid groups (broad SMARTS) is 3. The van der Waals surface area contributed by atoms with Gasteiger partial charge in [-0.05, 0) is 79.7 Å². The number of carbonyl (C=O) groups excluding carboxylic acids is 3. The van der Waals surface area contributed by atoms with Crippen LogP contribution in [-0.4, -0.2) is 105 Å². The fourth-order valence-electron chi connectivity index (χ4n) is 5.88. The first kappa shape index (κ1) is 46.9. The smallest absolute Gasteiger partial charge is 0.339 e. The number of aromatic carboxylic acids is 3. The van der Waals surface area contributed by atoms with Gasteiger partial charge >= 0.3 is 29.8 Å². The minimum Gasteiger partial charge on any atom is -0.478 e. The number of pyridine rings is 6. The fraction of sp³-hybridized carbons (Fsp3) is 0.200. The molecule has 6 rings (SSSR count). The maximum absolute atomic E-state index is 11.7. The number of carbonyl (C=O) groups is 6. The van der Waals surface area contributed by atoms with Crippen LogP contribution in [0.25, 0.3) is 0 Å². The van der Waals surface area contributed by atoms with Gasteiger partial charge in [0.25, 0.3) is 0 Å². The van der Waals surface area contributed by atoms with Gasteiger partial charge in [0.15, 0.2) is 5.78 Å². The third-order valence-corrected chi connectivity index (χ3v) is 9.25. The molecule has 0 aliphatic carbocycles. The van der Waals surface area contributed by atoms with Gasteiger partial charge in [-0.1, -0.05) is 0 Å². The first-order valence-corrected chi connectivity index (χ1v) is 19.2.